The van der Waals surface area contributed by atoms with Gasteiger partial charge in [-0.25, -0.2) is 0 Å². The number of aromatic amines is 1. The van der Waals surface area contributed by atoms with E-state index in [4.69, 9.17) is 19.0 Å². The molecule has 2 aromatic rings. The Hall–Kier alpha value is -3.18. The second-order valence-corrected chi connectivity index (χ2v) is 6.40. The molecule has 0 amide bonds. The van der Waals surface area contributed by atoms with Crippen LogP contribution in [-0.4, -0.2) is 44.7 Å². The van der Waals surface area contributed by atoms with E-state index in [-0.39, 0.29) is 11.6 Å². The van der Waals surface area contributed by atoms with Gasteiger partial charge in [0.15, 0.2) is 11.5 Å². The van der Waals surface area contributed by atoms with Crippen LogP contribution in [0.2, 0.25) is 0 Å². The van der Waals surface area contributed by atoms with Gasteiger partial charge in [-0.15, -0.1) is 0 Å². The average molecular weight is 385 g/mol. The Labute approximate surface area is 163 Å². The van der Waals surface area contributed by atoms with E-state index < -0.39 is 6.10 Å². The van der Waals surface area contributed by atoms with Gasteiger partial charge in [0.1, 0.15) is 18.9 Å². The first kappa shape index (κ1) is 19.6. The van der Waals surface area contributed by atoms with Gasteiger partial charge < -0.3 is 29.1 Å². The summed E-state index contributed by atoms with van der Waals surface area (Å²) in [7, 11) is 6.02. The van der Waals surface area contributed by atoms with Gasteiger partial charge in [0.25, 0.3) is 0 Å². The number of hydrogen-bond donors (Lipinski definition) is 2. The monoisotopic (exact) mass is 385 g/mol. The molecule has 1 aliphatic rings. The van der Waals surface area contributed by atoms with E-state index in [0.29, 0.717) is 39.6 Å². The van der Waals surface area contributed by atoms with Gasteiger partial charge in [-0.05, 0) is 30.9 Å². The number of aliphatic hydroxyl groups excluding tert-OH is 1. The quantitative estimate of drug-likeness (QED) is 0.534. The van der Waals surface area contributed by atoms with Crippen LogP contribution in [0.5, 0.6) is 17.2 Å². The third kappa shape index (κ3) is 3.37. The van der Waals surface area contributed by atoms with Crippen molar-refractivity contribution in [2.75, 3.05) is 28.4 Å². The topological polar surface area (TPSA) is 109 Å². The van der Waals surface area contributed by atoms with Crippen LogP contribution in [0, 0.1) is 17.2 Å². The van der Waals surface area contributed by atoms with E-state index in [1.54, 1.807) is 19.2 Å². The molecule has 1 unspecified atom stereocenters. The molecule has 1 fully saturated rings. The molecule has 0 aliphatic heterocycles. The molecule has 3 rings (SSSR count). The van der Waals surface area contributed by atoms with Gasteiger partial charge in [0, 0.05) is 16.7 Å². The largest absolute Gasteiger partial charge is 0.493 e. The molecule has 1 saturated carbocycles. The SMILES string of the molecule is CON=Cc1[nH]c(C#N)c(C(O)C2CC2)c1-c1ccc(OC)c(OC)c1OC. The Bertz CT molecular complexity index is 925. The molecule has 0 spiro atoms. The normalized spacial score (nSPS) is 14.6. The van der Waals surface area contributed by atoms with Crippen molar-refractivity contribution in [1.29, 1.82) is 5.26 Å². The van der Waals surface area contributed by atoms with Gasteiger partial charge in [-0.3, -0.25) is 0 Å². The lowest BCUT2D eigenvalue weighted by Crippen LogP contribution is -2.04. The van der Waals surface area contributed by atoms with Gasteiger partial charge in [0.2, 0.25) is 5.75 Å². The molecule has 8 nitrogen and oxygen atoms in total. The van der Waals surface area contributed by atoms with E-state index in [1.807, 2.05) is 0 Å². The number of rotatable bonds is 8. The van der Waals surface area contributed by atoms with Gasteiger partial charge in [0.05, 0.1) is 39.3 Å². The highest BCUT2D eigenvalue weighted by Crippen LogP contribution is 2.50. The summed E-state index contributed by atoms with van der Waals surface area (Å²) in [5, 5.41) is 24.4. The number of benzene rings is 1. The summed E-state index contributed by atoms with van der Waals surface area (Å²) in [5.41, 5.74) is 2.59. The summed E-state index contributed by atoms with van der Waals surface area (Å²) < 4.78 is 16.5. The number of hydrogen-bond acceptors (Lipinski definition) is 7. The van der Waals surface area contributed by atoms with Crippen molar-refractivity contribution >= 4 is 6.21 Å². The zero-order valence-electron chi connectivity index (χ0n) is 16.3. The lowest BCUT2D eigenvalue weighted by atomic mass is 9.93. The van der Waals surface area contributed by atoms with Crippen molar-refractivity contribution in [3.63, 3.8) is 0 Å². The Balaban J connectivity index is 2.32. The second-order valence-electron chi connectivity index (χ2n) is 6.40. The van der Waals surface area contributed by atoms with Crippen LogP contribution in [0.3, 0.4) is 0 Å². The first-order chi connectivity index (χ1) is 13.6. The van der Waals surface area contributed by atoms with Crippen molar-refractivity contribution in [3.05, 3.63) is 29.1 Å². The van der Waals surface area contributed by atoms with Gasteiger partial charge in [-0.1, -0.05) is 5.16 Å². The van der Waals surface area contributed by atoms with Crippen molar-refractivity contribution in [2.45, 2.75) is 18.9 Å². The Kier molecular flexibility index (Phi) is 5.76. The summed E-state index contributed by atoms with van der Waals surface area (Å²) in [6.45, 7) is 0. The summed E-state index contributed by atoms with van der Waals surface area (Å²) in [6, 6.07) is 5.69. The minimum Gasteiger partial charge on any atom is -0.493 e. The third-order valence-corrected chi connectivity index (χ3v) is 4.80. The van der Waals surface area contributed by atoms with Crippen LogP contribution in [0.15, 0.2) is 17.3 Å². The lowest BCUT2D eigenvalue weighted by Gasteiger charge is -2.18. The zero-order chi connectivity index (χ0) is 20.3. The lowest BCUT2D eigenvalue weighted by molar-refractivity contribution is 0.154. The molecule has 1 atom stereocenters. The fraction of sp³-hybridized carbons (Fsp3) is 0.400. The first-order valence-electron chi connectivity index (χ1n) is 8.81. The number of methoxy groups -OCH3 is 3. The van der Waals surface area contributed by atoms with E-state index in [9.17, 15) is 10.4 Å². The number of nitrogens with zero attached hydrogens (tertiary/aromatic N) is 2. The molecule has 148 valence electrons. The molecule has 0 bridgehead atoms. The zero-order valence-corrected chi connectivity index (χ0v) is 16.3. The van der Waals surface area contributed by atoms with Gasteiger partial charge in [-0.2, -0.15) is 5.26 Å². The Morgan fingerprint density at radius 1 is 1.18 bits per heavy atom. The van der Waals surface area contributed by atoms with E-state index in [2.05, 4.69) is 16.2 Å². The Morgan fingerprint density at radius 3 is 2.43 bits per heavy atom. The van der Waals surface area contributed by atoms with E-state index in [1.165, 1.54) is 27.5 Å². The fourth-order valence-corrected chi connectivity index (χ4v) is 3.36. The minimum atomic E-state index is -0.775. The standard InChI is InChI=1S/C20H23N3O5/c1-25-15-8-7-12(19(26-2)20(15)27-3)16-14(10-22-28-4)23-13(9-21)17(16)18(24)11-5-6-11/h7-8,10-11,18,23-24H,5-6H2,1-4H3. The number of aliphatic hydroxyl groups is 1. The third-order valence-electron chi connectivity index (χ3n) is 4.80. The number of H-pyrrole nitrogens is 1. The number of ether oxygens (including phenoxy) is 3. The maximum atomic E-state index is 10.9. The first-order valence-corrected chi connectivity index (χ1v) is 8.81. The molecular weight excluding hydrogens is 362 g/mol. The predicted molar refractivity (Wildman–Crippen MR) is 103 cm³/mol. The molecule has 0 saturated heterocycles. The average Bonchev–Trinajstić information content (AvgIpc) is 3.51. The Morgan fingerprint density at radius 2 is 1.89 bits per heavy atom. The molecular formula is C20H23N3O5. The number of oxime groups is 1. The predicted octanol–water partition coefficient (Wildman–Crippen LogP) is 3.00. The summed E-state index contributed by atoms with van der Waals surface area (Å²) >= 11 is 0. The summed E-state index contributed by atoms with van der Waals surface area (Å²) in [5.74, 6) is 1.49. The van der Waals surface area contributed by atoms with Crippen molar-refractivity contribution < 1.29 is 24.2 Å². The molecule has 2 N–H and O–H groups in total. The van der Waals surface area contributed by atoms with Crippen LogP contribution in [0.1, 0.15) is 35.9 Å². The molecule has 1 aromatic carbocycles. The fourth-order valence-electron chi connectivity index (χ4n) is 3.36. The van der Waals surface area contributed by atoms with Crippen LogP contribution in [0.25, 0.3) is 11.1 Å². The molecule has 28 heavy (non-hydrogen) atoms. The highest BCUT2D eigenvalue weighted by atomic mass is 16.6. The molecule has 1 aromatic heterocycles. The van der Waals surface area contributed by atoms with Crippen molar-refractivity contribution in [2.24, 2.45) is 11.1 Å². The number of nitriles is 1. The van der Waals surface area contributed by atoms with E-state index >= 15 is 0 Å². The highest BCUT2D eigenvalue weighted by Gasteiger charge is 2.36. The molecule has 1 heterocycles. The van der Waals surface area contributed by atoms with Crippen LogP contribution < -0.4 is 14.2 Å². The number of nitrogens with one attached hydrogen (secondary N) is 1. The number of aromatic nitrogens is 1. The summed E-state index contributed by atoms with van der Waals surface area (Å²) in [6.07, 6.45) is 2.53. The molecule has 0 radical (unpaired) electrons. The van der Waals surface area contributed by atoms with Crippen LogP contribution >= 0.6 is 0 Å². The smallest absolute Gasteiger partial charge is 0.203 e. The van der Waals surface area contributed by atoms with Gasteiger partial charge >= 0.3 is 0 Å². The van der Waals surface area contributed by atoms with Crippen LogP contribution in [0.4, 0.5) is 0 Å². The molecule has 8 heteroatoms. The summed E-state index contributed by atoms with van der Waals surface area (Å²) in [4.78, 5) is 7.84. The van der Waals surface area contributed by atoms with Crippen molar-refractivity contribution in [1.82, 2.24) is 4.98 Å². The molecule has 1 aliphatic carbocycles. The van der Waals surface area contributed by atoms with Crippen molar-refractivity contribution in [3.8, 4) is 34.4 Å². The van der Waals surface area contributed by atoms with Crippen LogP contribution in [-0.2, 0) is 4.84 Å². The second kappa shape index (κ2) is 8.23. The highest BCUT2D eigenvalue weighted by molar-refractivity contribution is 5.94. The maximum Gasteiger partial charge on any atom is 0.203 e. The maximum absolute atomic E-state index is 10.9. The van der Waals surface area contributed by atoms with E-state index in [0.717, 1.165) is 12.8 Å². The minimum absolute atomic E-state index is 0.125.